The van der Waals surface area contributed by atoms with E-state index in [1.54, 1.807) is 7.05 Å². The molecule has 13 heavy (non-hydrogen) atoms. The van der Waals surface area contributed by atoms with Gasteiger partial charge in [-0.3, -0.25) is 9.69 Å². The third-order valence-corrected chi connectivity index (χ3v) is 2.45. The van der Waals surface area contributed by atoms with Crippen molar-refractivity contribution in [3.63, 3.8) is 0 Å². The minimum absolute atomic E-state index is 0.0450. The number of nitrogens with one attached hydrogen (secondary N) is 1. The van der Waals surface area contributed by atoms with Gasteiger partial charge < -0.3 is 10.1 Å². The van der Waals surface area contributed by atoms with Gasteiger partial charge in [-0.2, -0.15) is 0 Å². The van der Waals surface area contributed by atoms with Crippen LogP contribution in [0.5, 0.6) is 0 Å². The van der Waals surface area contributed by atoms with Gasteiger partial charge in [0.1, 0.15) is 0 Å². The summed E-state index contributed by atoms with van der Waals surface area (Å²) in [7, 11) is 1.67. The number of carbonyl (C=O) groups excluding carboxylic acids is 1. The Hall–Kier alpha value is -0.610. The van der Waals surface area contributed by atoms with Crippen molar-refractivity contribution in [2.24, 2.45) is 0 Å². The van der Waals surface area contributed by atoms with Crippen LogP contribution in [0.2, 0.25) is 0 Å². The molecule has 0 bridgehead atoms. The summed E-state index contributed by atoms with van der Waals surface area (Å²) in [5, 5.41) is 2.66. The number of ether oxygens (including phenoxy) is 1. The van der Waals surface area contributed by atoms with Crippen LogP contribution in [-0.2, 0) is 9.53 Å². The van der Waals surface area contributed by atoms with Crippen molar-refractivity contribution >= 4 is 5.91 Å². The zero-order chi connectivity index (χ0) is 9.84. The molecule has 76 valence electrons. The number of rotatable bonds is 2. The van der Waals surface area contributed by atoms with E-state index in [4.69, 9.17) is 4.74 Å². The number of likely N-dealkylation sites (N-methyl/N-ethyl adjacent to an activating group) is 1. The zero-order valence-corrected chi connectivity index (χ0v) is 8.54. The number of nitrogens with zero attached hydrogens (tertiary/aromatic N) is 1. The summed E-state index contributed by atoms with van der Waals surface area (Å²) in [6, 6.07) is -0.0450. The highest BCUT2D eigenvalue weighted by Crippen LogP contribution is 2.08. The molecule has 0 radical (unpaired) electrons. The van der Waals surface area contributed by atoms with Gasteiger partial charge in [0.05, 0.1) is 18.8 Å². The average molecular weight is 186 g/mol. The third kappa shape index (κ3) is 2.67. The van der Waals surface area contributed by atoms with Crippen LogP contribution in [0.1, 0.15) is 13.8 Å². The molecule has 0 aromatic heterocycles. The largest absolute Gasteiger partial charge is 0.376 e. The molecule has 0 aromatic rings. The smallest absolute Gasteiger partial charge is 0.236 e. The number of morpholine rings is 1. The summed E-state index contributed by atoms with van der Waals surface area (Å²) in [4.78, 5) is 13.5. The summed E-state index contributed by atoms with van der Waals surface area (Å²) < 4.78 is 5.40. The average Bonchev–Trinajstić information content (AvgIpc) is 2.15. The second-order valence-corrected chi connectivity index (χ2v) is 3.47. The standard InChI is InChI=1S/C9H18N2O2/c1-7-6-11(4-5-13-7)8(2)9(12)10-3/h7-8H,4-6H2,1-3H3,(H,10,12)/t7-,8?/m0/s1. The van der Waals surface area contributed by atoms with E-state index in [0.29, 0.717) is 0 Å². The van der Waals surface area contributed by atoms with Gasteiger partial charge in [-0.25, -0.2) is 0 Å². The lowest BCUT2D eigenvalue weighted by atomic mass is 10.2. The Balaban J connectivity index is 2.45. The molecule has 1 heterocycles. The molecule has 1 N–H and O–H groups in total. The van der Waals surface area contributed by atoms with Gasteiger partial charge in [0, 0.05) is 20.1 Å². The highest BCUT2D eigenvalue weighted by atomic mass is 16.5. The molecule has 1 aliphatic rings. The van der Waals surface area contributed by atoms with Gasteiger partial charge in [0.2, 0.25) is 5.91 Å². The molecule has 0 aromatic carbocycles. The summed E-state index contributed by atoms with van der Waals surface area (Å²) in [6.45, 7) is 6.37. The number of hydrogen-bond acceptors (Lipinski definition) is 3. The summed E-state index contributed by atoms with van der Waals surface area (Å²) in [5.74, 6) is 0.0779. The molecular weight excluding hydrogens is 168 g/mol. The topological polar surface area (TPSA) is 41.6 Å². The van der Waals surface area contributed by atoms with Gasteiger partial charge in [0.25, 0.3) is 0 Å². The summed E-state index contributed by atoms with van der Waals surface area (Å²) >= 11 is 0. The van der Waals surface area contributed by atoms with E-state index in [9.17, 15) is 4.79 Å². The first-order valence-electron chi connectivity index (χ1n) is 4.72. The number of hydrogen-bond donors (Lipinski definition) is 1. The van der Waals surface area contributed by atoms with E-state index in [-0.39, 0.29) is 18.1 Å². The fraction of sp³-hybridized carbons (Fsp3) is 0.889. The minimum atomic E-state index is -0.0450. The zero-order valence-electron chi connectivity index (χ0n) is 8.54. The van der Waals surface area contributed by atoms with Crippen LogP contribution < -0.4 is 5.32 Å². The quantitative estimate of drug-likeness (QED) is 0.651. The lowest BCUT2D eigenvalue weighted by Crippen LogP contribution is -2.51. The minimum Gasteiger partial charge on any atom is -0.376 e. The highest BCUT2D eigenvalue weighted by molar-refractivity contribution is 5.80. The first-order valence-corrected chi connectivity index (χ1v) is 4.72. The molecule has 2 atom stereocenters. The van der Waals surface area contributed by atoms with Crippen molar-refractivity contribution in [2.45, 2.75) is 26.0 Å². The Labute approximate surface area is 79.2 Å². The molecule has 1 amide bonds. The summed E-state index contributed by atoms with van der Waals surface area (Å²) in [6.07, 6.45) is 0.237. The predicted octanol–water partition coefficient (Wildman–Crippen LogP) is -0.158. The molecule has 1 unspecified atom stereocenters. The third-order valence-electron chi connectivity index (χ3n) is 2.45. The Morgan fingerprint density at radius 1 is 1.69 bits per heavy atom. The SMILES string of the molecule is CNC(=O)C(C)N1CCO[C@@H](C)C1. The van der Waals surface area contributed by atoms with Crippen molar-refractivity contribution in [1.29, 1.82) is 0 Å². The molecule has 1 rings (SSSR count). The van der Waals surface area contributed by atoms with Gasteiger partial charge in [0.15, 0.2) is 0 Å². The van der Waals surface area contributed by atoms with Crippen molar-refractivity contribution in [2.75, 3.05) is 26.7 Å². The van der Waals surface area contributed by atoms with Crippen LogP contribution in [0.4, 0.5) is 0 Å². The molecule has 0 aliphatic carbocycles. The maximum absolute atomic E-state index is 11.3. The van der Waals surface area contributed by atoms with E-state index in [0.717, 1.165) is 19.7 Å². The maximum Gasteiger partial charge on any atom is 0.236 e. The molecular formula is C9H18N2O2. The molecule has 0 saturated carbocycles. The molecule has 4 nitrogen and oxygen atoms in total. The first kappa shape index (κ1) is 10.5. The van der Waals surface area contributed by atoms with E-state index in [2.05, 4.69) is 10.2 Å². The fourth-order valence-corrected chi connectivity index (χ4v) is 1.57. The van der Waals surface area contributed by atoms with Gasteiger partial charge in [-0.15, -0.1) is 0 Å². The first-order chi connectivity index (χ1) is 6.15. The molecule has 1 saturated heterocycles. The normalized spacial score (nSPS) is 26.8. The van der Waals surface area contributed by atoms with Crippen LogP contribution in [0.25, 0.3) is 0 Å². The molecule has 1 aliphatic heterocycles. The molecule has 0 spiro atoms. The van der Waals surface area contributed by atoms with E-state index < -0.39 is 0 Å². The lowest BCUT2D eigenvalue weighted by molar-refractivity contribution is -0.128. The van der Waals surface area contributed by atoms with Gasteiger partial charge >= 0.3 is 0 Å². The Bertz CT molecular complexity index is 184. The van der Waals surface area contributed by atoms with E-state index in [1.165, 1.54) is 0 Å². The lowest BCUT2D eigenvalue weighted by Gasteiger charge is -2.34. The second-order valence-electron chi connectivity index (χ2n) is 3.47. The monoisotopic (exact) mass is 186 g/mol. The van der Waals surface area contributed by atoms with Crippen molar-refractivity contribution in [3.05, 3.63) is 0 Å². The Morgan fingerprint density at radius 3 is 2.92 bits per heavy atom. The van der Waals surface area contributed by atoms with Crippen LogP contribution in [0.15, 0.2) is 0 Å². The summed E-state index contributed by atoms with van der Waals surface area (Å²) in [5.41, 5.74) is 0. The highest BCUT2D eigenvalue weighted by Gasteiger charge is 2.24. The molecule has 4 heteroatoms. The second kappa shape index (κ2) is 4.58. The van der Waals surface area contributed by atoms with Crippen LogP contribution in [0.3, 0.4) is 0 Å². The predicted molar refractivity (Wildman–Crippen MR) is 50.5 cm³/mol. The Kier molecular flexibility index (Phi) is 3.69. The van der Waals surface area contributed by atoms with Crippen LogP contribution in [-0.4, -0.2) is 49.7 Å². The van der Waals surface area contributed by atoms with Crippen LogP contribution >= 0.6 is 0 Å². The fourth-order valence-electron chi connectivity index (χ4n) is 1.57. The maximum atomic E-state index is 11.3. The van der Waals surface area contributed by atoms with Crippen molar-refractivity contribution in [3.8, 4) is 0 Å². The van der Waals surface area contributed by atoms with Crippen LogP contribution in [0, 0.1) is 0 Å². The van der Waals surface area contributed by atoms with Gasteiger partial charge in [-0.1, -0.05) is 0 Å². The number of amides is 1. The number of carbonyl (C=O) groups is 1. The van der Waals surface area contributed by atoms with Crippen molar-refractivity contribution < 1.29 is 9.53 Å². The molecule has 1 fully saturated rings. The van der Waals surface area contributed by atoms with Crippen molar-refractivity contribution in [1.82, 2.24) is 10.2 Å². The van der Waals surface area contributed by atoms with E-state index >= 15 is 0 Å². The Morgan fingerprint density at radius 2 is 2.38 bits per heavy atom. The van der Waals surface area contributed by atoms with Gasteiger partial charge in [-0.05, 0) is 13.8 Å². The van der Waals surface area contributed by atoms with E-state index in [1.807, 2.05) is 13.8 Å².